The topological polar surface area (TPSA) is 67.1 Å². The van der Waals surface area contributed by atoms with E-state index in [2.05, 4.69) is 10.7 Å². The number of hydrazine groups is 1. The van der Waals surface area contributed by atoms with Gasteiger partial charge in [-0.25, -0.2) is 4.39 Å². The molecule has 0 saturated carbocycles. The molecule has 4 nitrogen and oxygen atoms in total. The summed E-state index contributed by atoms with van der Waals surface area (Å²) in [6.07, 6.45) is 0. The van der Waals surface area contributed by atoms with E-state index in [0.29, 0.717) is 16.9 Å². The fraction of sp³-hybridized carbons (Fsp3) is 0.0714. The molecule has 0 saturated heterocycles. The molecule has 0 unspecified atom stereocenters. The SMILES string of the molecule is Cc1cc(NN)ccc1C(=O)Nc1ccc(Cl)c(F)c1. The second-order valence-electron chi connectivity index (χ2n) is 4.26. The first-order chi connectivity index (χ1) is 9.51. The van der Waals surface area contributed by atoms with Crippen molar-refractivity contribution < 1.29 is 9.18 Å². The van der Waals surface area contributed by atoms with E-state index in [-0.39, 0.29) is 10.9 Å². The van der Waals surface area contributed by atoms with Crippen molar-refractivity contribution >= 4 is 28.9 Å². The van der Waals surface area contributed by atoms with Crippen molar-refractivity contribution in [2.75, 3.05) is 10.7 Å². The van der Waals surface area contributed by atoms with Gasteiger partial charge in [0.05, 0.1) is 5.02 Å². The van der Waals surface area contributed by atoms with E-state index in [1.54, 1.807) is 25.1 Å². The summed E-state index contributed by atoms with van der Waals surface area (Å²) in [6.45, 7) is 1.79. The summed E-state index contributed by atoms with van der Waals surface area (Å²) in [4.78, 5) is 12.1. The molecule has 2 aromatic carbocycles. The first-order valence-electron chi connectivity index (χ1n) is 5.85. The number of benzene rings is 2. The molecule has 0 bridgehead atoms. The Bertz CT molecular complexity index is 661. The highest BCUT2D eigenvalue weighted by atomic mass is 35.5. The molecule has 0 heterocycles. The quantitative estimate of drug-likeness (QED) is 0.601. The van der Waals surface area contributed by atoms with Gasteiger partial charge in [-0.1, -0.05) is 11.6 Å². The molecule has 104 valence electrons. The lowest BCUT2D eigenvalue weighted by Crippen LogP contribution is -2.14. The number of aryl methyl sites for hydroxylation is 1. The number of rotatable bonds is 3. The Balaban J connectivity index is 2.21. The molecule has 2 aromatic rings. The molecule has 20 heavy (non-hydrogen) atoms. The molecule has 0 aromatic heterocycles. The molecule has 0 aliphatic carbocycles. The maximum Gasteiger partial charge on any atom is 0.255 e. The largest absolute Gasteiger partial charge is 0.324 e. The average molecular weight is 294 g/mol. The Kier molecular flexibility index (Phi) is 4.22. The van der Waals surface area contributed by atoms with Crippen LogP contribution in [0.15, 0.2) is 36.4 Å². The van der Waals surface area contributed by atoms with Crippen LogP contribution in [0.4, 0.5) is 15.8 Å². The van der Waals surface area contributed by atoms with Crippen LogP contribution in [0.2, 0.25) is 5.02 Å². The zero-order valence-corrected chi connectivity index (χ0v) is 11.5. The van der Waals surface area contributed by atoms with E-state index < -0.39 is 5.82 Å². The Labute approximate surface area is 120 Å². The van der Waals surface area contributed by atoms with E-state index in [0.717, 1.165) is 5.56 Å². The van der Waals surface area contributed by atoms with Gasteiger partial charge in [0.2, 0.25) is 0 Å². The maximum atomic E-state index is 13.3. The number of carbonyl (C=O) groups excluding carboxylic acids is 1. The van der Waals surface area contributed by atoms with Crippen LogP contribution in [-0.4, -0.2) is 5.91 Å². The molecular weight excluding hydrogens is 281 g/mol. The van der Waals surface area contributed by atoms with E-state index in [1.807, 2.05) is 0 Å². The molecule has 0 atom stereocenters. The predicted molar refractivity (Wildman–Crippen MR) is 78.4 cm³/mol. The Morgan fingerprint density at radius 2 is 1.90 bits per heavy atom. The van der Waals surface area contributed by atoms with Gasteiger partial charge in [-0.05, 0) is 48.9 Å². The van der Waals surface area contributed by atoms with E-state index in [9.17, 15) is 9.18 Å². The van der Waals surface area contributed by atoms with Crippen LogP contribution in [0.1, 0.15) is 15.9 Å². The normalized spacial score (nSPS) is 10.2. The third kappa shape index (κ3) is 3.07. The summed E-state index contributed by atoms with van der Waals surface area (Å²) in [5.41, 5.74) is 4.79. The minimum absolute atomic E-state index is 0.0116. The lowest BCUT2D eigenvalue weighted by atomic mass is 10.1. The predicted octanol–water partition coefficient (Wildman–Crippen LogP) is 3.33. The number of hydrogen-bond acceptors (Lipinski definition) is 3. The first kappa shape index (κ1) is 14.3. The van der Waals surface area contributed by atoms with E-state index >= 15 is 0 Å². The molecule has 0 aliphatic heterocycles. The van der Waals surface area contributed by atoms with Crippen molar-refractivity contribution in [3.63, 3.8) is 0 Å². The minimum Gasteiger partial charge on any atom is -0.324 e. The number of nitrogens with one attached hydrogen (secondary N) is 2. The number of nitrogen functional groups attached to an aromatic ring is 1. The van der Waals surface area contributed by atoms with Crippen molar-refractivity contribution in [1.82, 2.24) is 0 Å². The van der Waals surface area contributed by atoms with Crippen molar-refractivity contribution in [3.8, 4) is 0 Å². The third-order valence-electron chi connectivity index (χ3n) is 2.82. The van der Waals surface area contributed by atoms with Crippen molar-refractivity contribution in [1.29, 1.82) is 0 Å². The van der Waals surface area contributed by atoms with Crippen LogP contribution in [0.25, 0.3) is 0 Å². The summed E-state index contributed by atoms with van der Waals surface area (Å²) in [7, 11) is 0. The maximum absolute atomic E-state index is 13.3. The van der Waals surface area contributed by atoms with Crippen molar-refractivity contribution in [2.45, 2.75) is 6.92 Å². The van der Waals surface area contributed by atoms with Crippen LogP contribution in [0, 0.1) is 12.7 Å². The number of amides is 1. The van der Waals surface area contributed by atoms with Crippen LogP contribution in [-0.2, 0) is 0 Å². The van der Waals surface area contributed by atoms with Crippen LogP contribution >= 0.6 is 11.6 Å². The minimum atomic E-state index is -0.580. The van der Waals surface area contributed by atoms with Crippen LogP contribution < -0.4 is 16.6 Å². The number of anilines is 2. The highest BCUT2D eigenvalue weighted by Gasteiger charge is 2.10. The molecule has 0 fully saturated rings. The number of nitrogens with two attached hydrogens (primary N) is 1. The highest BCUT2D eigenvalue weighted by molar-refractivity contribution is 6.30. The van der Waals surface area contributed by atoms with E-state index in [1.165, 1.54) is 18.2 Å². The van der Waals surface area contributed by atoms with Gasteiger partial charge in [0.15, 0.2) is 0 Å². The molecule has 6 heteroatoms. The van der Waals surface area contributed by atoms with Crippen LogP contribution in [0.5, 0.6) is 0 Å². The van der Waals surface area contributed by atoms with Gasteiger partial charge in [-0.3, -0.25) is 10.6 Å². The number of hydrogen-bond donors (Lipinski definition) is 3. The molecule has 1 amide bonds. The average Bonchev–Trinajstić information content (AvgIpc) is 2.42. The van der Waals surface area contributed by atoms with Gasteiger partial charge in [0.1, 0.15) is 5.82 Å². The van der Waals surface area contributed by atoms with Gasteiger partial charge in [0, 0.05) is 16.9 Å². The summed E-state index contributed by atoms with van der Waals surface area (Å²) in [6, 6.07) is 9.18. The summed E-state index contributed by atoms with van der Waals surface area (Å²) in [5.74, 6) is 4.39. The van der Waals surface area contributed by atoms with Gasteiger partial charge >= 0.3 is 0 Å². The Morgan fingerprint density at radius 1 is 1.20 bits per heavy atom. The lowest BCUT2D eigenvalue weighted by molar-refractivity contribution is 0.102. The summed E-state index contributed by atoms with van der Waals surface area (Å²) in [5, 5.41) is 2.63. The molecule has 0 spiro atoms. The van der Waals surface area contributed by atoms with Gasteiger partial charge < -0.3 is 10.7 Å². The first-order valence-corrected chi connectivity index (χ1v) is 6.22. The van der Waals surface area contributed by atoms with Crippen molar-refractivity contribution in [3.05, 3.63) is 58.4 Å². The smallest absolute Gasteiger partial charge is 0.255 e. The zero-order chi connectivity index (χ0) is 14.7. The number of carbonyl (C=O) groups is 1. The third-order valence-corrected chi connectivity index (χ3v) is 3.12. The Morgan fingerprint density at radius 3 is 2.50 bits per heavy atom. The van der Waals surface area contributed by atoms with Crippen molar-refractivity contribution in [2.24, 2.45) is 5.84 Å². The van der Waals surface area contributed by atoms with Gasteiger partial charge in [-0.2, -0.15) is 0 Å². The summed E-state index contributed by atoms with van der Waals surface area (Å²) >= 11 is 5.59. The number of halogens is 2. The van der Waals surface area contributed by atoms with Gasteiger partial charge in [-0.15, -0.1) is 0 Å². The molecule has 4 N–H and O–H groups in total. The fourth-order valence-electron chi connectivity index (χ4n) is 1.78. The van der Waals surface area contributed by atoms with Gasteiger partial charge in [0.25, 0.3) is 5.91 Å². The monoisotopic (exact) mass is 293 g/mol. The Hall–Kier alpha value is -2.11. The highest BCUT2D eigenvalue weighted by Crippen LogP contribution is 2.20. The fourth-order valence-corrected chi connectivity index (χ4v) is 1.90. The van der Waals surface area contributed by atoms with Crippen LogP contribution in [0.3, 0.4) is 0 Å². The molecular formula is C14H13ClFN3O. The second kappa shape index (κ2) is 5.90. The second-order valence-corrected chi connectivity index (χ2v) is 4.66. The zero-order valence-electron chi connectivity index (χ0n) is 10.7. The van der Waals surface area contributed by atoms with E-state index in [4.69, 9.17) is 17.4 Å². The standard InChI is InChI=1S/C14H13ClFN3O/c1-8-6-10(19-17)2-4-11(8)14(20)18-9-3-5-12(15)13(16)7-9/h2-7,19H,17H2,1H3,(H,18,20). The molecule has 0 radical (unpaired) electrons. The summed E-state index contributed by atoms with van der Waals surface area (Å²) < 4.78 is 13.3. The molecule has 0 aliphatic rings. The lowest BCUT2D eigenvalue weighted by Gasteiger charge is -2.09. The molecule has 2 rings (SSSR count).